The van der Waals surface area contributed by atoms with Gasteiger partial charge in [-0.05, 0) is 47.0 Å². The summed E-state index contributed by atoms with van der Waals surface area (Å²) in [6.45, 7) is 4.76. The van der Waals surface area contributed by atoms with Crippen LogP contribution in [0, 0.1) is 13.8 Å². The van der Waals surface area contributed by atoms with E-state index in [1.807, 2.05) is 13.0 Å². The Kier molecular flexibility index (Phi) is 4.54. The highest BCUT2D eigenvalue weighted by atomic mass is 79.9. The first-order chi connectivity index (χ1) is 8.49. The van der Waals surface area contributed by atoms with Crippen molar-refractivity contribution >= 4 is 56.2 Å². The van der Waals surface area contributed by atoms with Gasteiger partial charge in [-0.25, -0.2) is 4.98 Å². The normalized spacial score (nSPS) is 10.7. The number of nitrogens with zero attached hydrogens (tertiary/aromatic N) is 1. The molecule has 0 saturated carbocycles. The summed E-state index contributed by atoms with van der Waals surface area (Å²) in [6, 6.07) is 1.96. The molecule has 6 heteroatoms. The predicted octanol–water partition coefficient (Wildman–Crippen LogP) is 5.44. The van der Waals surface area contributed by atoms with Crippen molar-refractivity contribution in [3.63, 3.8) is 0 Å². The molecule has 0 fully saturated rings. The Balaban J connectivity index is 2.22. The second-order valence-electron chi connectivity index (χ2n) is 3.92. The van der Waals surface area contributed by atoms with Crippen LogP contribution in [0.5, 0.6) is 0 Å². The van der Waals surface area contributed by atoms with E-state index in [1.165, 1.54) is 22.5 Å². The second kappa shape index (κ2) is 5.78. The van der Waals surface area contributed by atoms with Gasteiger partial charge in [0.05, 0.1) is 17.3 Å². The standard InChI is InChI=1S/C12H11BrCl2N2S/c1-6-3-9(14)11(10(13)7(6)2)16-4-8-5-17-12(15)18-8/h3,5,16H,4H2,1-2H3. The van der Waals surface area contributed by atoms with Crippen molar-refractivity contribution < 1.29 is 0 Å². The van der Waals surface area contributed by atoms with Crippen LogP contribution in [0.2, 0.25) is 9.49 Å². The molecule has 0 bridgehead atoms. The molecular formula is C12H11BrCl2N2S. The number of anilines is 1. The molecule has 96 valence electrons. The predicted molar refractivity (Wildman–Crippen MR) is 83.1 cm³/mol. The molecule has 2 rings (SSSR count). The highest BCUT2D eigenvalue weighted by Gasteiger charge is 2.11. The summed E-state index contributed by atoms with van der Waals surface area (Å²) in [5.41, 5.74) is 3.26. The van der Waals surface area contributed by atoms with Crippen molar-refractivity contribution in [1.82, 2.24) is 4.98 Å². The Bertz CT molecular complexity index is 584. The molecule has 0 saturated heterocycles. The number of rotatable bonds is 3. The average Bonchev–Trinajstić information content (AvgIpc) is 2.72. The molecule has 0 amide bonds. The number of thiazole rings is 1. The number of nitrogens with one attached hydrogen (secondary N) is 1. The third-order valence-electron chi connectivity index (χ3n) is 2.69. The topological polar surface area (TPSA) is 24.9 Å². The van der Waals surface area contributed by atoms with Crippen molar-refractivity contribution in [2.45, 2.75) is 20.4 Å². The van der Waals surface area contributed by atoms with Crippen molar-refractivity contribution in [2.24, 2.45) is 0 Å². The molecule has 0 radical (unpaired) electrons. The lowest BCUT2D eigenvalue weighted by Gasteiger charge is -2.13. The Labute approximate surface area is 128 Å². The number of hydrogen-bond acceptors (Lipinski definition) is 3. The summed E-state index contributed by atoms with van der Waals surface area (Å²) >= 11 is 17.1. The van der Waals surface area contributed by atoms with Gasteiger partial charge >= 0.3 is 0 Å². The molecule has 2 nitrogen and oxygen atoms in total. The van der Waals surface area contributed by atoms with Crippen molar-refractivity contribution in [1.29, 1.82) is 0 Å². The molecule has 2 aromatic rings. The number of aryl methyl sites for hydroxylation is 1. The van der Waals surface area contributed by atoms with Crippen LogP contribution in [0.4, 0.5) is 5.69 Å². The van der Waals surface area contributed by atoms with Crippen LogP contribution < -0.4 is 5.32 Å². The maximum absolute atomic E-state index is 6.25. The van der Waals surface area contributed by atoms with Gasteiger partial charge in [0, 0.05) is 15.5 Å². The minimum absolute atomic E-state index is 0.553. The van der Waals surface area contributed by atoms with Crippen LogP contribution in [-0.2, 0) is 6.54 Å². The van der Waals surface area contributed by atoms with Crippen LogP contribution in [0.3, 0.4) is 0 Å². The number of benzene rings is 1. The van der Waals surface area contributed by atoms with E-state index in [9.17, 15) is 0 Å². The third kappa shape index (κ3) is 2.99. The van der Waals surface area contributed by atoms with E-state index >= 15 is 0 Å². The lowest BCUT2D eigenvalue weighted by molar-refractivity contribution is 1.16. The van der Waals surface area contributed by atoms with Crippen LogP contribution >= 0.6 is 50.5 Å². The Morgan fingerprint density at radius 1 is 1.39 bits per heavy atom. The van der Waals surface area contributed by atoms with Crippen LogP contribution in [0.1, 0.15) is 16.0 Å². The fourth-order valence-corrected chi connectivity index (χ4v) is 3.56. The molecule has 1 heterocycles. The van der Waals surface area contributed by atoms with Crippen molar-refractivity contribution in [2.75, 3.05) is 5.32 Å². The Hall–Kier alpha value is -0.290. The molecule has 0 unspecified atom stereocenters. The minimum atomic E-state index is 0.553. The zero-order valence-electron chi connectivity index (χ0n) is 9.85. The summed E-state index contributed by atoms with van der Waals surface area (Å²) in [4.78, 5) is 5.08. The van der Waals surface area contributed by atoms with E-state index < -0.39 is 0 Å². The van der Waals surface area contributed by atoms with Crippen LogP contribution in [0.15, 0.2) is 16.7 Å². The van der Waals surface area contributed by atoms with E-state index in [2.05, 4.69) is 33.2 Å². The van der Waals surface area contributed by atoms with Crippen molar-refractivity contribution in [3.05, 3.63) is 42.2 Å². The smallest absolute Gasteiger partial charge is 0.183 e. The van der Waals surface area contributed by atoms with Crippen LogP contribution in [-0.4, -0.2) is 4.98 Å². The minimum Gasteiger partial charge on any atom is -0.378 e. The van der Waals surface area contributed by atoms with Gasteiger partial charge in [-0.2, -0.15) is 0 Å². The maximum Gasteiger partial charge on any atom is 0.183 e. The average molecular weight is 366 g/mol. The molecule has 1 aromatic heterocycles. The summed E-state index contributed by atoms with van der Waals surface area (Å²) < 4.78 is 1.56. The Morgan fingerprint density at radius 3 is 2.72 bits per heavy atom. The van der Waals surface area contributed by atoms with Gasteiger partial charge in [0.15, 0.2) is 4.47 Å². The molecule has 0 atom stereocenters. The first-order valence-corrected chi connectivity index (χ1v) is 7.65. The highest BCUT2D eigenvalue weighted by Crippen LogP contribution is 2.36. The largest absolute Gasteiger partial charge is 0.378 e. The third-order valence-corrected chi connectivity index (χ3v) is 5.09. The number of halogens is 3. The van der Waals surface area contributed by atoms with Crippen LogP contribution in [0.25, 0.3) is 0 Å². The van der Waals surface area contributed by atoms with Gasteiger partial charge in [0.1, 0.15) is 0 Å². The lowest BCUT2D eigenvalue weighted by atomic mass is 10.1. The monoisotopic (exact) mass is 364 g/mol. The summed E-state index contributed by atoms with van der Waals surface area (Å²) in [7, 11) is 0. The van der Waals surface area contributed by atoms with E-state index in [0.717, 1.165) is 15.0 Å². The van der Waals surface area contributed by atoms with Gasteiger partial charge in [-0.1, -0.05) is 23.2 Å². The zero-order chi connectivity index (χ0) is 13.3. The quantitative estimate of drug-likeness (QED) is 0.783. The maximum atomic E-state index is 6.25. The molecule has 0 aliphatic rings. The summed E-state index contributed by atoms with van der Waals surface area (Å²) in [6.07, 6.45) is 1.77. The number of aromatic nitrogens is 1. The van der Waals surface area contributed by atoms with E-state index in [1.54, 1.807) is 6.20 Å². The first kappa shape index (κ1) is 14.1. The molecule has 18 heavy (non-hydrogen) atoms. The molecule has 0 aliphatic heterocycles. The van der Waals surface area contributed by atoms with Crippen molar-refractivity contribution in [3.8, 4) is 0 Å². The van der Waals surface area contributed by atoms with E-state index in [-0.39, 0.29) is 0 Å². The van der Waals surface area contributed by atoms with Gasteiger partial charge < -0.3 is 5.32 Å². The molecule has 1 N–H and O–H groups in total. The van der Waals surface area contributed by atoms with E-state index in [0.29, 0.717) is 16.0 Å². The SMILES string of the molecule is Cc1cc(Cl)c(NCc2cnc(Cl)s2)c(Br)c1C. The highest BCUT2D eigenvalue weighted by molar-refractivity contribution is 9.10. The molecular weight excluding hydrogens is 355 g/mol. The van der Waals surface area contributed by atoms with Gasteiger partial charge in [-0.3, -0.25) is 0 Å². The lowest BCUT2D eigenvalue weighted by Crippen LogP contribution is -2.01. The van der Waals surface area contributed by atoms with Gasteiger partial charge in [-0.15, -0.1) is 11.3 Å². The second-order valence-corrected chi connectivity index (χ2v) is 6.82. The molecule has 0 spiro atoms. The Morgan fingerprint density at radius 2 is 2.11 bits per heavy atom. The van der Waals surface area contributed by atoms with Gasteiger partial charge in [0.25, 0.3) is 0 Å². The van der Waals surface area contributed by atoms with E-state index in [4.69, 9.17) is 23.2 Å². The number of hydrogen-bond donors (Lipinski definition) is 1. The fourth-order valence-electron chi connectivity index (χ4n) is 1.54. The molecule has 1 aromatic carbocycles. The summed E-state index contributed by atoms with van der Waals surface area (Å²) in [5.74, 6) is 0. The first-order valence-electron chi connectivity index (χ1n) is 5.28. The fraction of sp³-hybridized carbons (Fsp3) is 0.250. The molecule has 0 aliphatic carbocycles. The summed E-state index contributed by atoms with van der Waals surface area (Å²) in [5, 5.41) is 4.02. The zero-order valence-corrected chi connectivity index (χ0v) is 13.8. The van der Waals surface area contributed by atoms with Gasteiger partial charge in [0.2, 0.25) is 0 Å².